The summed E-state index contributed by atoms with van der Waals surface area (Å²) in [7, 11) is 1.76. The number of anilines is 1. The first kappa shape index (κ1) is 14.5. The fraction of sp³-hybridized carbons (Fsp3) is 0.500. The lowest BCUT2D eigenvalue weighted by Crippen LogP contribution is -2.29. The zero-order valence-electron chi connectivity index (χ0n) is 11.1. The molecule has 18 heavy (non-hydrogen) atoms. The highest BCUT2D eigenvalue weighted by atomic mass is 16.3. The van der Waals surface area contributed by atoms with Crippen LogP contribution >= 0.6 is 0 Å². The van der Waals surface area contributed by atoms with E-state index in [4.69, 9.17) is 5.73 Å². The summed E-state index contributed by atoms with van der Waals surface area (Å²) in [6.07, 6.45) is 1.34. The number of aryl methyl sites for hydroxylation is 1. The Bertz CT molecular complexity index is 391. The van der Waals surface area contributed by atoms with Gasteiger partial charge in [0.15, 0.2) is 0 Å². The van der Waals surface area contributed by atoms with E-state index in [1.807, 2.05) is 24.3 Å². The van der Waals surface area contributed by atoms with Gasteiger partial charge in [-0.2, -0.15) is 0 Å². The zero-order chi connectivity index (χ0) is 13.5. The molecule has 1 amide bonds. The number of carbonyl (C=O) groups excluding carboxylic acids is 1. The van der Waals surface area contributed by atoms with Crippen LogP contribution in [-0.2, 0) is 11.2 Å². The van der Waals surface area contributed by atoms with Crippen LogP contribution in [0.25, 0.3) is 0 Å². The Morgan fingerprint density at radius 1 is 1.44 bits per heavy atom. The van der Waals surface area contributed by atoms with E-state index in [9.17, 15) is 9.90 Å². The topological polar surface area (TPSA) is 66.6 Å². The summed E-state index contributed by atoms with van der Waals surface area (Å²) in [5, 5.41) is 9.17. The molecule has 1 rings (SSSR count). The highest BCUT2D eigenvalue weighted by molar-refractivity contribution is 5.76. The number of aliphatic hydroxyl groups excluding tert-OH is 1. The van der Waals surface area contributed by atoms with E-state index in [0.29, 0.717) is 25.8 Å². The number of nitrogen functional groups attached to an aromatic ring is 1. The first-order chi connectivity index (χ1) is 8.50. The normalized spacial score (nSPS) is 12.2. The molecule has 0 aliphatic heterocycles. The van der Waals surface area contributed by atoms with Crippen molar-refractivity contribution < 1.29 is 9.90 Å². The van der Waals surface area contributed by atoms with Crippen molar-refractivity contribution in [2.75, 3.05) is 19.3 Å². The van der Waals surface area contributed by atoms with Crippen LogP contribution in [-0.4, -0.2) is 35.6 Å². The van der Waals surface area contributed by atoms with Crippen molar-refractivity contribution in [2.45, 2.75) is 32.3 Å². The molecule has 1 aromatic carbocycles. The Balaban J connectivity index is 2.39. The molecule has 0 saturated heterocycles. The minimum atomic E-state index is -0.370. The van der Waals surface area contributed by atoms with Crippen LogP contribution in [0.2, 0.25) is 0 Å². The predicted octanol–water partition coefficient (Wildman–Crippen LogP) is 1.43. The largest absolute Gasteiger partial charge is 0.399 e. The number of nitrogens with zero attached hydrogens (tertiary/aromatic N) is 1. The van der Waals surface area contributed by atoms with Crippen LogP contribution in [0.4, 0.5) is 5.69 Å². The van der Waals surface area contributed by atoms with Gasteiger partial charge in [0, 0.05) is 25.7 Å². The summed E-state index contributed by atoms with van der Waals surface area (Å²) < 4.78 is 0. The number of benzene rings is 1. The maximum Gasteiger partial charge on any atom is 0.222 e. The second-order valence-corrected chi connectivity index (χ2v) is 4.65. The quantitative estimate of drug-likeness (QED) is 0.751. The van der Waals surface area contributed by atoms with Crippen molar-refractivity contribution in [3.63, 3.8) is 0 Å². The van der Waals surface area contributed by atoms with Crippen molar-refractivity contribution >= 4 is 11.6 Å². The summed E-state index contributed by atoms with van der Waals surface area (Å²) in [5.74, 6) is 0.0823. The average molecular weight is 250 g/mol. The van der Waals surface area contributed by atoms with Gasteiger partial charge in [0.2, 0.25) is 5.91 Å². The molecule has 1 unspecified atom stereocenters. The van der Waals surface area contributed by atoms with Crippen LogP contribution in [0.5, 0.6) is 0 Å². The fourth-order valence-electron chi connectivity index (χ4n) is 1.70. The van der Waals surface area contributed by atoms with Gasteiger partial charge in [-0.05, 0) is 31.4 Å². The van der Waals surface area contributed by atoms with E-state index < -0.39 is 0 Å². The third kappa shape index (κ3) is 4.75. The standard InChI is InChI=1S/C14H22N2O2/c1-11(17)9-10-16(2)14(18)8-7-12-5-3-4-6-13(12)15/h3-6,11,17H,7-10,15H2,1-2H3. The first-order valence-corrected chi connectivity index (χ1v) is 6.26. The smallest absolute Gasteiger partial charge is 0.222 e. The van der Waals surface area contributed by atoms with Gasteiger partial charge in [0.05, 0.1) is 6.10 Å². The Kier molecular flexibility index (Phi) is 5.65. The van der Waals surface area contributed by atoms with Crippen molar-refractivity contribution in [3.05, 3.63) is 29.8 Å². The molecule has 0 fully saturated rings. The lowest BCUT2D eigenvalue weighted by atomic mass is 10.1. The Morgan fingerprint density at radius 2 is 2.11 bits per heavy atom. The van der Waals surface area contributed by atoms with Gasteiger partial charge in [0.1, 0.15) is 0 Å². The zero-order valence-corrected chi connectivity index (χ0v) is 11.1. The molecule has 0 bridgehead atoms. The molecule has 0 aromatic heterocycles. The lowest BCUT2D eigenvalue weighted by Gasteiger charge is -2.18. The van der Waals surface area contributed by atoms with Gasteiger partial charge >= 0.3 is 0 Å². The molecule has 1 atom stereocenters. The van der Waals surface area contributed by atoms with Crippen molar-refractivity contribution in [2.24, 2.45) is 0 Å². The molecule has 3 N–H and O–H groups in total. The first-order valence-electron chi connectivity index (χ1n) is 6.26. The molecular weight excluding hydrogens is 228 g/mol. The van der Waals surface area contributed by atoms with Crippen LogP contribution in [0.1, 0.15) is 25.3 Å². The van der Waals surface area contributed by atoms with Crippen LogP contribution in [0.15, 0.2) is 24.3 Å². The molecule has 4 nitrogen and oxygen atoms in total. The SMILES string of the molecule is CC(O)CCN(C)C(=O)CCc1ccccc1N. The predicted molar refractivity (Wildman–Crippen MR) is 73.1 cm³/mol. The van der Waals surface area contributed by atoms with E-state index in [0.717, 1.165) is 11.3 Å². The minimum Gasteiger partial charge on any atom is -0.399 e. The molecule has 4 heteroatoms. The molecule has 100 valence electrons. The molecule has 0 aliphatic carbocycles. The van der Waals surface area contributed by atoms with E-state index in [2.05, 4.69) is 0 Å². The summed E-state index contributed by atoms with van der Waals surface area (Å²) >= 11 is 0. The Hall–Kier alpha value is -1.55. The summed E-state index contributed by atoms with van der Waals surface area (Å²) in [4.78, 5) is 13.5. The van der Waals surface area contributed by atoms with Crippen molar-refractivity contribution in [1.29, 1.82) is 0 Å². The van der Waals surface area contributed by atoms with E-state index in [-0.39, 0.29) is 12.0 Å². The van der Waals surface area contributed by atoms with Crippen molar-refractivity contribution in [3.8, 4) is 0 Å². The maximum absolute atomic E-state index is 11.8. The minimum absolute atomic E-state index is 0.0823. The lowest BCUT2D eigenvalue weighted by molar-refractivity contribution is -0.130. The number of amides is 1. The van der Waals surface area contributed by atoms with E-state index in [1.54, 1.807) is 18.9 Å². The third-order valence-electron chi connectivity index (χ3n) is 2.97. The summed E-state index contributed by atoms with van der Waals surface area (Å²) in [5.41, 5.74) is 7.57. The van der Waals surface area contributed by atoms with Crippen LogP contribution < -0.4 is 5.73 Å². The molecule has 0 spiro atoms. The van der Waals surface area contributed by atoms with Gasteiger partial charge in [-0.15, -0.1) is 0 Å². The Morgan fingerprint density at radius 3 is 2.72 bits per heavy atom. The number of carbonyl (C=O) groups is 1. The summed E-state index contributed by atoms with van der Waals surface area (Å²) in [6, 6.07) is 7.60. The number of rotatable bonds is 6. The number of aliphatic hydroxyl groups is 1. The van der Waals surface area contributed by atoms with Gasteiger partial charge in [-0.3, -0.25) is 4.79 Å². The molecule has 0 saturated carbocycles. The van der Waals surface area contributed by atoms with Gasteiger partial charge in [0.25, 0.3) is 0 Å². The average Bonchev–Trinajstić information content (AvgIpc) is 2.34. The molecule has 0 aliphatic rings. The Labute approximate surface area is 108 Å². The fourth-order valence-corrected chi connectivity index (χ4v) is 1.70. The molecular formula is C14H22N2O2. The monoisotopic (exact) mass is 250 g/mol. The number of nitrogens with two attached hydrogens (primary N) is 1. The molecule has 0 heterocycles. The van der Waals surface area contributed by atoms with Gasteiger partial charge < -0.3 is 15.7 Å². The maximum atomic E-state index is 11.8. The summed E-state index contributed by atoms with van der Waals surface area (Å²) in [6.45, 7) is 2.31. The highest BCUT2D eigenvalue weighted by Gasteiger charge is 2.10. The number of hydrogen-bond acceptors (Lipinski definition) is 3. The van der Waals surface area contributed by atoms with E-state index >= 15 is 0 Å². The molecule has 1 aromatic rings. The second kappa shape index (κ2) is 7.01. The highest BCUT2D eigenvalue weighted by Crippen LogP contribution is 2.13. The number of para-hydroxylation sites is 1. The van der Waals surface area contributed by atoms with Gasteiger partial charge in [-0.25, -0.2) is 0 Å². The van der Waals surface area contributed by atoms with E-state index in [1.165, 1.54) is 0 Å². The second-order valence-electron chi connectivity index (χ2n) is 4.65. The molecule has 0 radical (unpaired) electrons. The number of hydrogen-bond donors (Lipinski definition) is 2. The van der Waals surface area contributed by atoms with Crippen molar-refractivity contribution in [1.82, 2.24) is 4.90 Å². The van der Waals surface area contributed by atoms with Gasteiger partial charge in [-0.1, -0.05) is 18.2 Å². The van der Waals surface area contributed by atoms with Crippen LogP contribution in [0, 0.1) is 0 Å². The van der Waals surface area contributed by atoms with Crippen LogP contribution in [0.3, 0.4) is 0 Å². The third-order valence-corrected chi connectivity index (χ3v) is 2.97.